The first-order valence-corrected chi connectivity index (χ1v) is 13.5. The van der Waals surface area contributed by atoms with Crippen molar-refractivity contribution in [2.75, 3.05) is 26.5 Å². The van der Waals surface area contributed by atoms with Crippen molar-refractivity contribution in [2.45, 2.75) is 24.3 Å². The molecule has 2 heterocycles. The van der Waals surface area contributed by atoms with Crippen LogP contribution in [0, 0.1) is 6.92 Å². The summed E-state index contributed by atoms with van der Waals surface area (Å²) in [5.41, 5.74) is 3.71. The number of rotatable bonds is 6. The number of hydrogen-bond acceptors (Lipinski definition) is 5. The Kier molecular flexibility index (Phi) is 5.83. The second-order valence-corrected chi connectivity index (χ2v) is 12.0. The van der Waals surface area contributed by atoms with Gasteiger partial charge in [-0.05, 0) is 42.8 Å². The van der Waals surface area contributed by atoms with Gasteiger partial charge in [-0.15, -0.1) is 0 Å². The van der Waals surface area contributed by atoms with Gasteiger partial charge in [-0.25, -0.2) is 21.6 Å². The number of nitrogens with zero attached hydrogens (tertiary/aromatic N) is 2. The standard InChI is InChI=1S/C22H27N3O5S2/c1-15-5-8-18(9-6-15)32(28,29)25-13-16(12-23-31(4,26)27)22-20(14-25)19-11-17(30-3)7-10-21(19)24(22)2/h5-11,16,23H,12-14H2,1-4H3. The molecule has 1 atom stereocenters. The van der Waals surface area contributed by atoms with E-state index in [0.717, 1.165) is 34.0 Å². The van der Waals surface area contributed by atoms with Gasteiger partial charge in [0.1, 0.15) is 5.75 Å². The first kappa shape index (κ1) is 22.8. The molecule has 0 spiro atoms. The minimum atomic E-state index is -3.77. The zero-order valence-corrected chi connectivity index (χ0v) is 20.1. The molecule has 1 unspecified atom stereocenters. The van der Waals surface area contributed by atoms with E-state index in [1.54, 1.807) is 31.4 Å². The fourth-order valence-electron chi connectivity index (χ4n) is 4.36. The summed E-state index contributed by atoms with van der Waals surface area (Å²) in [6, 6.07) is 12.5. The Hall–Kier alpha value is -2.40. The molecule has 10 heteroatoms. The monoisotopic (exact) mass is 477 g/mol. The highest BCUT2D eigenvalue weighted by Crippen LogP contribution is 2.39. The Morgan fingerprint density at radius 3 is 2.41 bits per heavy atom. The summed E-state index contributed by atoms with van der Waals surface area (Å²) in [6.07, 6.45) is 1.10. The van der Waals surface area contributed by atoms with Crippen molar-refractivity contribution in [1.29, 1.82) is 0 Å². The second-order valence-electron chi connectivity index (χ2n) is 8.23. The molecule has 1 aliphatic rings. The van der Waals surface area contributed by atoms with Gasteiger partial charge in [0.05, 0.1) is 18.3 Å². The SMILES string of the molecule is COc1ccc2c(c1)c1c(n2C)C(CNS(C)(=O)=O)CN(S(=O)(=O)c2ccc(C)cc2)C1. The molecular weight excluding hydrogens is 450 g/mol. The van der Waals surface area contributed by atoms with Gasteiger partial charge in [0, 0.05) is 49.2 Å². The first-order valence-electron chi connectivity index (χ1n) is 10.2. The molecule has 0 saturated carbocycles. The van der Waals surface area contributed by atoms with Gasteiger partial charge >= 0.3 is 0 Å². The Morgan fingerprint density at radius 1 is 1.09 bits per heavy atom. The number of hydrogen-bond donors (Lipinski definition) is 1. The summed E-state index contributed by atoms with van der Waals surface area (Å²) in [5.74, 6) is 0.326. The van der Waals surface area contributed by atoms with Gasteiger partial charge in [-0.2, -0.15) is 4.31 Å². The van der Waals surface area contributed by atoms with E-state index in [1.807, 2.05) is 36.7 Å². The molecule has 0 fully saturated rings. The normalized spacial score (nSPS) is 17.4. The molecule has 0 aliphatic carbocycles. The number of sulfonamides is 2. The molecular formula is C22H27N3O5S2. The lowest BCUT2D eigenvalue weighted by atomic mass is 9.96. The molecule has 172 valence electrons. The summed E-state index contributed by atoms with van der Waals surface area (Å²) >= 11 is 0. The van der Waals surface area contributed by atoms with Crippen LogP contribution in [0.2, 0.25) is 0 Å². The fourth-order valence-corrected chi connectivity index (χ4v) is 6.32. The molecule has 32 heavy (non-hydrogen) atoms. The maximum atomic E-state index is 13.5. The van der Waals surface area contributed by atoms with Crippen LogP contribution >= 0.6 is 0 Å². The van der Waals surface area contributed by atoms with Gasteiger partial charge in [0.2, 0.25) is 20.0 Å². The van der Waals surface area contributed by atoms with E-state index in [2.05, 4.69) is 4.72 Å². The van der Waals surface area contributed by atoms with E-state index in [0.29, 0.717) is 5.75 Å². The van der Waals surface area contributed by atoms with Gasteiger partial charge < -0.3 is 9.30 Å². The van der Waals surface area contributed by atoms with Gasteiger partial charge in [-0.1, -0.05) is 17.7 Å². The molecule has 4 rings (SSSR count). The van der Waals surface area contributed by atoms with Crippen molar-refractivity contribution in [3.63, 3.8) is 0 Å². The van der Waals surface area contributed by atoms with Gasteiger partial charge in [0.15, 0.2) is 0 Å². The van der Waals surface area contributed by atoms with Crippen molar-refractivity contribution >= 4 is 30.9 Å². The summed E-state index contributed by atoms with van der Waals surface area (Å²) in [7, 11) is -3.70. The highest BCUT2D eigenvalue weighted by Gasteiger charge is 2.37. The predicted octanol–water partition coefficient (Wildman–Crippen LogP) is 2.33. The second kappa shape index (κ2) is 8.18. The number of aryl methyl sites for hydroxylation is 2. The zero-order chi connectivity index (χ0) is 23.3. The molecule has 1 aromatic heterocycles. The summed E-state index contributed by atoms with van der Waals surface area (Å²) < 4.78 is 61.9. The summed E-state index contributed by atoms with van der Waals surface area (Å²) in [4.78, 5) is 0.221. The average Bonchev–Trinajstić information content (AvgIpc) is 3.03. The van der Waals surface area contributed by atoms with E-state index < -0.39 is 20.0 Å². The Bertz CT molecular complexity index is 1380. The average molecular weight is 478 g/mol. The first-order chi connectivity index (χ1) is 15.0. The van der Waals surface area contributed by atoms with Gasteiger partial charge in [0.25, 0.3) is 0 Å². The third kappa shape index (κ3) is 4.15. The predicted molar refractivity (Wildman–Crippen MR) is 124 cm³/mol. The molecule has 3 aromatic rings. The number of methoxy groups -OCH3 is 1. The highest BCUT2D eigenvalue weighted by atomic mass is 32.2. The molecule has 0 saturated heterocycles. The van der Waals surface area contributed by atoms with Crippen molar-refractivity contribution in [3.8, 4) is 5.75 Å². The lowest BCUT2D eigenvalue weighted by Crippen LogP contribution is -2.42. The van der Waals surface area contributed by atoms with Crippen LogP contribution < -0.4 is 9.46 Å². The third-order valence-electron chi connectivity index (χ3n) is 5.96. The van der Waals surface area contributed by atoms with Crippen LogP contribution in [0.1, 0.15) is 22.7 Å². The summed E-state index contributed by atoms with van der Waals surface area (Å²) in [5, 5.41) is 0.898. The van der Waals surface area contributed by atoms with Gasteiger partial charge in [-0.3, -0.25) is 0 Å². The zero-order valence-electron chi connectivity index (χ0n) is 18.5. The molecule has 0 bridgehead atoms. The molecule has 1 N–H and O–H groups in total. The lowest BCUT2D eigenvalue weighted by Gasteiger charge is -2.33. The minimum absolute atomic E-state index is 0.104. The number of benzene rings is 2. The van der Waals surface area contributed by atoms with Crippen LogP contribution in [-0.4, -0.2) is 52.2 Å². The lowest BCUT2D eigenvalue weighted by molar-refractivity contribution is 0.347. The van der Waals surface area contributed by atoms with Crippen LogP contribution in [0.3, 0.4) is 0 Å². The number of nitrogens with one attached hydrogen (secondary N) is 1. The Labute approximate surface area is 188 Å². The van der Waals surface area contributed by atoms with Crippen LogP contribution in [0.15, 0.2) is 47.4 Å². The largest absolute Gasteiger partial charge is 0.497 e. The number of fused-ring (bicyclic) bond motifs is 3. The molecule has 0 amide bonds. The van der Waals surface area contributed by atoms with Crippen molar-refractivity contribution < 1.29 is 21.6 Å². The molecule has 0 radical (unpaired) electrons. The quantitative estimate of drug-likeness (QED) is 0.588. The van der Waals surface area contributed by atoms with E-state index in [-0.39, 0.29) is 30.4 Å². The van der Waals surface area contributed by atoms with E-state index in [9.17, 15) is 16.8 Å². The van der Waals surface area contributed by atoms with Crippen molar-refractivity contribution in [1.82, 2.24) is 13.6 Å². The number of ether oxygens (including phenoxy) is 1. The fraction of sp³-hybridized carbons (Fsp3) is 0.364. The van der Waals surface area contributed by atoms with Crippen LogP contribution in [0.25, 0.3) is 10.9 Å². The van der Waals surface area contributed by atoms with Crippen LogP contribution in [0.4, 0.5) is 0 Å². The smallest absolute Gasteiger partial charge is 0.243 e. The highest BCUT2D eigenvalue weighted by molar-refractivity contribution is 7.89. The van der Waals surface area contributed by atoms with E-state index in [1.165, 1.54) is 4.31 Å². The molecule has 2 aromatic carbocycles. The maximum absolute atomic E-state index is 13.5. The topological polar surface area (TPSA) is 97.7 Å². The van der Waals surface area contributed by atoms with Crippen LogP contribution in [0.5, 0.6) is 5.75 Å². The van der Waals surface area contributed by atoms with Crippen molar-refractivity contribution in [3.05, 3.63) is 59.3 Å². The minimum Gasteiger partial charge on any atom is -0.497 e. The summed E-state index contributed by atoms with van der Waals surface area (Å²) in [6.45, 7) is 2.38. The molecule has 8 nitrogen and oxygen atoms in total. The van der Waals surface area contributed by atoms with E-state index >= 15 is 0 Å². The Morgan fingerprint density at radius 2 is 1.78 bits per heavy atom. The van der Waals surface area contributed by atoms with E-state index in [4.69, 9.17) is 4.74 Å². The van der Waals surface area contributed by atoms with Crippen molar-refractivity contribution in [2.24, 2.45) is 7.05 Å². The maximum Gasteiger partial charge on any atom is 0.243 e. The molecule has 1 aliphatic heterocycles. The third-order valence-corrected chi connectivity index (χ3v) is 8.47. The number of aromatic nitrogens is 1. The Balaban J connectivity index is 1.84. The van der Waals surface area contributed by atoms with Crippen LogP contribution in [-0.2, 0) is 33.6 Å².